The van der Waals surface area contributed by atoms with Crippen LogP contribution in [-0.4, -0.2) is 21.2 Å². The Morgan fingerprint density at radius 1 is 1.09 bits per heavy atom. The lowest BCUT2D eigenvalue weighted by atomic mass is 10.1. The maximum Gasteiger partial charge on any atom is 0.333 e. The highest BCUT2D eigenvalue weighted by Crippen LogP contribution is 2.21. The highest BCUT2D eigenvalue weighted by molar-refractivity contribution is 9.10. The zero-order valence-corrected chi connectivity index (χ0v) is 16.3. The van der Waals surface area contributed by atoms with Crippen molar-refractivity contribution < 1.29 is 9.53 Å². The minimum Gasteiger partial charge on any atom is -0.466 e. The number of carbonyl (C=O) groups is 1. The molecule has 0 spiro atoms. The quantitative estimate of drug-likeness (QED) is 0.424. The maximum absolute atomic E-state index is 12.2. The van der Waals surface area contributed by atoms with Crippen LogP contribution in [-0.2, 0) is 9.53 Å². The van der Waals surface area contributed by atoms with Gasteiger partial charge in [0.15, 0.2) is 0 Å². The molecule has 0 amide bonds. The van der Waals surface area contributed by atoms with E-state index in [4.69, 9.17) is 4.74 Å². The average molecular weight is 389 g/mol. The van der Waals surface area contributed by atoms with Crippen molar-refractivity contribution in [2.24, 2.45) is 0 Å². The fraction of sp³-hybridized carbons (Fsp3) is 0.211. The fourth-order valence-electron chi connectivity index (χ4n) is 2.54. The Morgan fingerprint density at radius 2 is 1.70 bits per heavy atom. The number of esters is 1. The number of hydrogen-bond donors (Lipinski definition) is 0. The van der Waals surface area contributed by atoms with Crippen LogP contribution < -0.4 is 5.19 Å². The number of carbonyl (C=O) groups excluding carboxylic acids is 1. The first-order valence-electron chi connectivity index (χ1n) is 7.52. The molecular formula is C19H21BrO2Si. The lowest BCUT2D eigenvalue weighted by Gasteiger charge is -2.23. The van der Waals surface area contributed by atoms with Crippen LogP contribution in [0.15, 0.2) is 64.6 Å². The summed E-state index contributed by atoms with van der Waals surface area (Å²) in [6.07, 6.45) is 1.94. The van der Waals surface area contributed by atoms with E-state index in [1.54, 1.807) is 0 Å². The number of halogens is 1. The van der Waals surface area contributed by atoms with Gasteiger partial charge in [-0.25, -0.2) is 4.79 Å². The summed E-state index contributed by atoms with van der Waals surface area (Å²) < 4.78 is 6.02. The monoisotopic (exact) mass is 388 g/mol. The van der Waals surface area contributed by atoms with Crippen LogP contribution in [0.25, 0.3) is 6.08 Å². The summed E-state index contributed by atoms with van der Waals surface area (Å²) in [6, 6.07) is 19.1. The normalized spacial score (nSPS) is 12.1. The maximum atomic E-state index is 12.2. The molecule has 2 rings (SSSR count). The molecule has 0 bridgehead atoms. The van der Waals surface area contributed by atoms with Crippen LogP contribution in [0.5, 0.6) is 0 Å². The van der Waals surface area contributed by atoms with Crippen molar-refractivity contribution in [2.75, 3.05) is 7.11 Å². The van der Waals surface area contributed by atoms with E-state index in [1.807, 2.05) is 36.4 Å². The molecule has 0 atom stereocenters. The highest BCUT2D eigenvalue weighted by Gasteiger charge is 2.27. The van der Waals surface area contributed by atoms with Gasteiger partial charge in [-0.15, -0.1) is 0 Å². The Bertz CT molecular complexity index is 691. The van der Waals surface area contributed by atoms with E-state index in [0.29, 0.717) is 0 Å². The standard InChI is InChI=1S/C19H21BrO2Si/c1-22-19(21)16(13-15-9-11-17(20)12-10-15)14-23(2,3)18-7-5-4-6-8-18/h4-13H,14H2,1-3H3/b16-13-. The minimum atomic E-state index is -1.76. The zero-order chi connectivity index (χ0) is 16.9. The van der Waals surface area contributed by atoms with Crippen molar-refractivity contribution in [2.45, 2.75) is 19.1 Å². The molecule has 0 saturated carbocycles. The molecule has 2 aromatic rings. The molecule has 2 nitrogen and oxygen atoms in total. The summed E-state index contributed by atoms with van der Waals surface area (Å²) in [6.45, 7) is 4.56. The Hall–Kier alpha value is -1.65. The SMILES string of the molecule is COC(=O)/C(=C\c1ccc(Br)cc1)C[Si](C)(C)c1ccccc1. The van der Waals surface area contributed by atoms with Gasteiger partial charge in [-0.3, -0.25) is 0 Å². The Labute approximate surface area is 147 Å². The molecule has 0 radical (unpaired) electrons. The molecule has 120 valence electrons. The Kier molecular flexibility index (Phi) is 5.96. The van der Waals surface area contributed by atoms with E-state index in [-0.39, 0.29) is 5.97 Å². The number of methoxy groups -OCH3 is 1. The summed E-state index contributed by atoms with van der Waals surface area (Å²) in [7, 11) is -0.325. The van der Waals surface area contributed by atoms with Crippen LogP contribution in [0.4, 0.5) is 0 Å². The van der Waals surface area contributed by atoms with Gasteiger partial charge in [0.05, 0.1) is 15.2 Å². The molecule has 2 aromatic carbocycles. The van der Waals surface area contributed by atoms with Crippen LogP contribution >= 0.6 is 15.9 Å². The number of hydrogen-bond acceptors (Lipinski definition) is 2. The summed E-state index contributed by atoms with van der Waals surface area (Å²) in [5, 5.41) is 1.34. The molecule has 0 heterocycles. The van der Waals surface area contributed by atoms with Crippen molar-refractivity contribution in [3.63, 3.8) is 0 Å². The van der Waals surface area contributed by atoms with Crippen molar-refractivity contribution in [1.82, 2.24) is 0 Å². The second kappa shape index (κ2) is 7.75. The lowest BCUT2D eigenvalue weighted by Crippen LogP contribution is -2.42. The molecule has 0 aliphatic heterocycles. The van der Waals surface area contributed by atoms with Crippen molar-refractivity contribution >= 4 is 41.2 Å². The number of rotatable bonds is 5. The fourth-order valence-corrected chi connectivity index (χ4v) is 5.30. The second-order valence-electron chi connectivity index (χ2n) is 6.14. The van der Waals surface area contributed by atoms with Crippen LogP contribution in [0.2, 0.25) is 19.1 Å². The molecular weight excluding hydrogens is 368 g/mol. The van der Waals surface area contributed by atoms with E-state index >= 15 is 0 Å². The van der Waals surface area contributed by atoms with Crippen LogP contribution in [0.1, 0.15) is 5.56 Å². The topological polar surface area (TPSA) is 26.3 Å². The smallest absolute Gasteiger partial charge is 0.333 e. The van der Waals surface area contributed by atoms with Gasteiger partial charge in [0.1, 0.15) is 0 Å². The van der Waals surface area contributed by atoms with E-state index in [2.05, 4.69) is 53.3 Å². The average Bonchev–Trinajstić information content (AvgIpc) is 2.56. The molecule has 0 aliphatic rings. The molecule has 0 aromatic heterocycles. The lowest BCUT2D eigenvalue weighted by molar-refractivity contribution is -0.135. The number of ether oxygens (including phenoxy) is 1. The van der Waals surface area contributed by atoms with E-state index in [1.165, 1.54) is 12.3 Å². The first-order chi connectivity index (χ1) is 10.9. The molecule has 0 saturated heterocycles. The first-order valence-corrected chi connectivity index (χ1v) is 11.5. The van der Waals surface area contributed by atoms with E-state index < -0.39 is 8.07 Å². The van der Waals surface area contributed by atoms with Crippen molar-refractivity contribution in [3.8, 4) is 0 Å². The minimum absolute atomic E-state index is 0.246. The van der Waals surface area contributed by atoms with Gasteiger partial charge in [-0.2, -0.15) is 0 Å². The largest absolute Gasteiger partial charge is 0.466 e. The van der Waals surface area contributed by atoms with Crippen LogP contribution in [0, 0.1) is 0 Å². The predicted molar refractivity (Wildman–Crippen MR) is 103 cm³/mol. The van der Waals surface area contributed by atoms with Gasteiger partial charge in [-0.1, -0.05) is 76.7 Å². The van der Waals surface area contributed by atoms with Crippen molar-refractivity contribution in [3.05, 3.63) is 70.2 Å². The van der Waals surface area contributed by atoms with Gasteiger partial charge in [0.2, 0.25) is 0 Å². The Morgan fingerprint density at radius 3 is 2.26 bits per heavy atom. The third-order valence-corrected chi connectivity index (χ3v) is 7.54. The Balaban J connectivity index is 2.32. The van der Waals surface area contributed by atoms with Gasteiger partial charge in [0.25, 0.3) is 0 Å². The summed E-state index contributed by atoms with van der Waals surface area (Å²) in [5.41, 5.74) is 1.74. The third-order valence-electron chi connectivity index (χ3n) is 3.85. The molecule has 0 N–H and O–H groups in total. The highest BCUT2D eigenvalue weighted by atomic mass is 79.9. The molecule has 0 aliphatic carbocycles. The van der Waals surface area contributed by atoms with Gasteiger partial charge >= 0.3 is 5.97 Å². The summed E-state index contributed by atoms with van der Waals surface area (Å²) in [5.74, 6) is -0.246. The first kappa shape index (κ1) is 17.7. The van der Waals surface area contributed by atoms with Crippen molar-refractivity contribution in [1.29, 1.82) is 0 Å². The number of benzene rings is 2. The van der Waals surface area contributed by atoms with Crippen LogP contribution in [0.3, 0.4) is 0 Å². The van der Waals surface area contributed by atoms with Gasteiger partial charge in [0, 0.05) is 10.0 Å². The molecule has 4 heteroatoms. The molecule has 23 heavy (non-hydrogen) atoms. The van der Waals surface area contributed by atoms with E-state index in [9.17, 15) is 4.79 Å². The predicted octanol–water partition coefficient (Wildman–Crippen LogP) is 4.62. The third kappa shape index (κ3) is 4.91. The molecule has 0 fully saturated rings. The zero-order valence-electron chi connectivity index (χ0n) is 13.7. The summed E-state index contributed by atoms with van der Waals surface area (Å²) in [4.78, 5) is 12.2. The van der Waals surface area contributed by atoms with Gasteiger partial charge < -0.3 is 4.74 Å². The van der Waals surface area contributed by atoms with Gasteiger partial charge in [-0.05, 0) is 29.8 Å². The van der Waals surface area contributed by atoms with E-state index in [0.717, 1.165) is 21.7 Å². The second-order valence-corrected chi connectivity index (χ2v) is 11.8. The molecule has 0 unspecified atom stereocenters. The summed E-state index contributed by atoms with van der Waals surface area (Å²) >= 11 is 3.43.